The number of amides is 1. The van der Waals surface area contributed by atoms with E-state index in [4.69, 9.17) is 5.11 Å². The fourth-order valence-electron chi connectivity index (χ4n) is 2.12. The van der Waals surface area contributed by atoms with E-state index in [0.29, 0.717) is 11.4 Å². The molecule has 0 radical (unpaired) electrons. The van der Waals surface area contributed by atoms with Crippen molar-refractivity contribution < 1.29 is 14.7 Å². The lowest BCUT2D eigenvalue weighted by molar-refractivity contribution is -0.122. The van der Waals surface area contributed by atoms with Crippen molar-refractivity contribution in [2.24, 2.45) is 0 Å². The lowest BCUT2D eigenvalue weighted by atomic mass is 10.2. The highest BCUT2D eigenvalue weighted by atomic mass is 16.4. The molecule has 106 valence electrons. The van der Waals surface area contributed by atoms with Crippen LogP contribution in [0, 0.1) is 13.8 Å². The van der Waals surface area contributed by atoms with Gasteiger partial charge in [0.05, 0.1) is 11.4 Å². The van der Waals surface area contributed by atoms with Gasteiger partial charge in [-0.3, -0.25) is 9.48 Å². The lowest BCUT2D eigenvalue weighted by Crippen LogP contribution is -2.35. The predicted octanol–water partition coefficient (Wildman–Crippen LogP) is 1.50. The minimum Gasteiger partial charge on any atom is -0.478 e. The first-order chi connectivity index (χ1) is 8.86. The van der Waals surface area contributed by atoms with Gasteiger partial charge in [-0.25, -0.2) is 4.79 Å². The number of carbonyl (C=O) groups is 2. The largest absolute Gasteiger partial charge is 0.478 e. The summed E-state index contributed by atoms with van der Waals surface area (Å²) >= 11 is 0. The molecule has 1 heterocycles. The molecule has 6 heteroatoms. The molecule has 1 aromatic rings. The van der Waals surface area contributed by atoms with E-state index in [0.717, 1.165) is 12.8 Å². The molecule has 19 heavy (non-hydrogen) atoms. The predicted molar refractivity (Wildman–Crippen MR) is 71.2 cm³/mol. The Balaban J connectivity index is 2.75. The Morgan fingerprint density at radius 3 is 2.53 bits per heavy atom. The Kier molecular flexibility index (Phi) is 5.09. The Morgan fingerprint density at radius 1 is 1.42 bits per heavy atom. The molecule has 6 nitrogen and oxygen atoms in total. The van der Waals surface area contributed by atoms with Crippen molar-refractivity contribution in [2.75, 3.05) is 0 Å². The molecule has 1 rings (SSSR count). The number of hydrogen-bond donors (Lipinski definition) is 2. The summed E-state index contributed by atoms with van der Waals surface area (Å²) < 4.78 is 1.44. The summed E-state index contributed by atoms with van der Waals surface area (Å²) in [6.45, 7) is 7.35. The van der Waals surface area contributed by atoms with Gasteiger partial charge < -0.3 is 10.4 Å². The first kappa shape index (κ1) is 15.2. The van der Waals surface area contributed by atoms with Crippen molar-refractivity contribution in [3.63, 3.8) is 0 Å². The van der Waals surface area contributed by atoms with Crippen LogP contribution in [0.4, 0.5) is 0 Å². The maximum atomic E-state index is 11.8. The van der Waals surface area contributed by atoms with Crippen LogP contribution in [0.3, 0.4) is 0 Å². The Hall–Kier alpha value is -1.85. The minimum absolute atomic E-state index is 0.0496. The third-order valence-electron chi connectivity index (χ3n) is 3.02. The maximum absolute atomic E-state index is 11.8. The van der Waals surface area contributed by atoms with Gasteiger partial charge in [0, 0.05) is 6.04 Å². The van der Waals surface area contributed by atoms with Crippen LogP contribution in [0.1, 0.15) is 48.4 Å². The topological polar surface area (TPSA) is 84.2 Å². The van der Waals surface area contributed by atoms with Crippen LogP contribution in [0.5, 0.6) is 0 Å². The average molecular weight is 267 g/mol. The normalized spacial score (nSPS) is 12.2. The van der Waals surface area contributed by atoms with Crippen LogP contribution >= 0.6 is 0 Å². The SMILES string of the molecule is CCCC(C)NC(=O)Cn1nc(C)c(C(=O)O)c1C. The molecule has 0 bridgehead atoms. The lowest BCUT2D eigenvalue weighted by Gasteiger charge is -2.13. The molecule has 0 fully saturated rings. The number of nitrogens with one attached hydrogen (secondary N) is 1. The molecular formula is C13H21N3O3. The van der Waals surface area contributed by atoms with Gasteiger partial charge in [0.2, 0.25) is 5.91 Å². The molecule has 1 aromatic heterocycles. The van der Waals surface area contributed by atoms with Gasteiger partial charge >= 0.3 is 5.97 Å². The number of aromatic nitrogens is 2. The number of aromatic carboxylic acids is 1. The van der Waals surface area contributed by atoms with Crippen molar-refractivity contribution in [1.82, 2.24) is 15.1 Å². The van der Waals surface area contributed by atoms with E-state index >= 15 is 0 Å². The molecule has 2 N–H and O–H groups in total. The molecule has 1 amide bonds. The van der Waals surface area contributed by atoms with E-state index in [9.17, 15) is 9.59 Å². The van der Waals surface area contributed by atoms with Crippen molar-refractivity contribution in [2.45, 2.75) is 53.1 Å². The number of hydrogen-bond acceptors (Lipinski definition) is 3. The Labute approximate surface area is 112 Å². The summed E-state index contributed by atoms with van der Waals surface area (Å²) in [7, 11) is 0. The first-order valence-electron chi connectivity index (χ1n) is 6.43. The van der Waals surface area contributed by atoms with E-state index in [2.05, 4.69) is 17.3 Å². The monoisotopic (exact) mass is 267 g/mol. The van der Waals surface area contributed by atoms with Gasteiger partial charge in [-0.1, -0.05) is 13.3 Å². The van der Waals surface area contributed by atoms with Gasteiger partial charge in [0.25, 0.3) is 0 Å². The van der Waals surface area contributed by atoms with E-state index in [-0.39, 0.29) is 24.1 Å². The molecule has 0 spiro atoms. The summed E-state index contributed by atoms with van der Waals surface area (Å²) in [6.07, 6.45) is 1.92. The fraction of sp³-hybridized carbons (Fsp3) is 0.615. The van der Waals surface area contributed by atoms with Crippen LogP contribution in [-0.2, 0) is 11.3 Å². The zero-order chi connectivity index (χ0) is 14.6. The summed E-state index contributed by atoms with van der Waals surface area (Å²) in [5.41, 5.74) is 1.11. The van der Waals surface area contributed by atoms with E-state index in [1.165, 1.54) is 4.68 Å². The van der Waals surface area contributed by atoms with Gasteiger partial charge in [-0.2, -0.15) is 5.10 Å². The Bertz CT molecular complexity index is 480. The van der Waals surface area contributed by atoms with E-state index in [1.54, 1.807) is 13.8 Å². The van der Waals surface area contributed by atoms with Crippen LogP contribution in [-0.4, -0.2) is 32.8 Å². The second kappa shape index (κ2) is 6.36. The maximum Gasteiger partial charge on any atom is 0.339 e. The molecule has 0 aliphatic rings. The molecule has 0 aliphatic heterocycles. The zero-order valence-corrected chi connectivity index (χ0v) is 11.9. The molecule has 1 unspecified atom stereocenters. The third-order valence-corrected chi connectivity index (χ3v) is 3.02. The Morgan fingerprint density at radius 2 is 2.05 bits per heavy atom. The van der Waals surface area contributed by atoms with Gasteiger partial charge in [0.1, 0.15) is 12.1 Å². The number of carboxylic acids is 1. The van der Waals surface area contributed by atoms with Gasteiger partial charge in [0.15, 0.2) is 0 Å². The molecular weight excluding hydrogens is 246 g/mol. The number of carbonyl (C=O) groups excluding carboxylic acids is 1. The molecule has 1 atom stereocenters. The smallest absolute Gasteiger partial charge is 0.339 e. The van der Waals surface area contributed by atoms with Crippen molar-refractivity contribution in [3.05, 3.63) is 17.0 Å². The van der Waals surface area contributed by atoms with Gasteiger partial charge in [-0.05, 0) is 27.2 Å². The highest BCUT2D eigenvalue weighted by molar-refractivity contribution is 5.90. The van der Waals surface area contributed by atoms with Crippen LogP contribution in [0.2, 0.25) is 0 Å². The molecule has 0 saturated heterocycles. The van der Waals surface area contributed by atoms with E-state index in [1.807, 2.05) is 6.92 Å². The zero-order valence-electron chi connectivity index (χ0n) is 11.9. The quantitative estimate of drug-likeness (QED) is 0.818. The van der Waals surface area contributed by atoms with Crippen molar-refractivity contribution in [1.29, 1.82) is 0 Å². The second-order valence-electron chi connectivity index (χ2n) is 4.77. The van der Waals surface area contributed by atoms with Crippen LogP contribution < -0.4 is 5.32 Å². The standard InChI is InChI=1S/C13H21N3O3/c1-5-6-8(2)14-11(17)7-16-10(4)12(13(18)19)9(3)15-16/h8H,5-7H2,1-4H3,(H,14,17)(H,18,19). The fourth-order valence-corrected chi connectivity index (χ4v) is 2.12. The average Bonchev–Trinajstić information content (AvgIpc) is 2.53. The first-order valence-corrected chi connectivity index (χ1v) is 6.43. The molecule has 0 aliphatic carbocycles. The highest BCUT2D eigenvalue weighted by Gasteiger charge is 2.19. The van der Waals surface area contributed by atoms with E-state index < -0.39 is 5.97 Å². The number of aryl methyl sites for hydroxylation is 1. The third kappa shape index (κ3) is 3.81. The van der Waals surface area contributed by atoms with Crippen molar-refractivity contribution >= 4 is 11.9 Å². The van der Waals surface area contributed by atoms with Crippen LogP contribution in [0.15, 0.2) is 0 Å². The summed E-state index contributed by atoms with van der Waals surface area (Å²) in [6, 6.07) is 0.119. The van der Waals surface area contributed by atoms with Crippen molar-refractivity contribution in [3.8, 4) is 0 Å². The molecule has 0 aromatic carbocycles. The number of nitrogens with zero attached hydrogens (tertiary/aromatic N) is 2. The van der Waals surface area contributed by atoms with Crippen LogP contribution in [0.25, 0.3) is 0 Å². The number of rotatable bonds is 6. The molecule has 0 saturated carbocycles. The number of carboxylic acid groups (broad SMARTS) is 1. The highest BCUT2D eigenvalue weighted by Crippen LogP contribution is 2.12. The second-order valence-corrected chi connectivity index (χ2v) is 4.77. The summed E-state index contributed by atoms with van der Waals surface area (Å²) in [5, 5.41) is 16.0. The summed E-state index contributed by atoms with van der Waals surface area (Å²) in [5.74, 6) is -1.16. The summed E-state index contributed by atoms with van der Waals surface area (Å²) in [4.78, 5) is 22.9. The minimum atomic E-state index is -1.01. The van der Waals surface area contributed by atoms with Gasteiger partial charge in [-0.15, -0.1) is 0 Å².